The maximum atomic E-state index is 12.3. The Balaban J connectivity index is 1.60. The molecule has 3 rings (SSSR count). The minimum absolute atomic E-state index is 0.127. The third-order valence-corrected chi connectivity index (χ3v) is 4.16. The van der Waals surface area contributed by atoms with Crippen LogP contribution < -0.4 is 15.8 Å². The van der Waals surface area contributed by atoms with Crippen molar-refractivity contribution in [2.75, 3.05) is 13.2 Å². The van der Waals surface area contributed by atoms with E-state index in [2.05, 4.69) is 10.4 Å². The van der Waals surface area contributed by atoms with Crippen LogP contribution in [0, 0.1) is 6.92 Å². The van der Waals surface area contributed by atoms with Crippen LogP contribution in [0.2, 0.25) is 0 Å². The van der Waals surface area contributed by atoms with Crippen molar-refractivity contribution in [3.8, 4) is 5.75 Å². The van der Waals surface area contributed by atoms with Gasteiger partial charge in [0.25, 0.3) is 0 Å². The zero-order valence-corrected chi connectivity index (χ0v) is 14.6. The maximum absolute atomic E-state index is 12.3. The van der Waals surface area contributed by atoms with Crippen molar-refractivity contribution in [1.29, 1.82) is 0 Å². The van der Waals surface area contributed by atoms with Crippen molar-refractivity contribution in [3.63, 3.8) is 0 Å². The fourth-order valence-corrected chi connectivity index (χ4v) is 2.82. The van der Waals surface area contributed by atoms with E-state index in [0.29, 0.717) is 30.9 Å². The van der Waals surface area contributed by atoms with Crippen LogP contribution >= 0.6 is 0 Å². The lowest BCUT2D eigenvalue weighted by Gasteiger charge is -2.32. The molecule has 2 aromatic rings. The van der Waals surface area contributed by atoms with E-state index >= 15 is 0 Å². The number of hydrogen-bond acceptors (Lipinski definition) is 5. The summed E-state index contributed by atoms with van der Waals surface area (Å²) in [5.74, 6) is -0.0262. The van der Waals surface area contributed by atoms with Gasteiger partial charge in [0.15, 0.2) is 0 Å². The summed E-state index contributed by atoms with van der Waals surface area (Å²) in [6, 6.07) is 8.26. The number of carbonyl (C=O) groups is 2. The second kappa shape index (κ2) is 8.01. The molecule has 0 radical (unpaired) electrons. The Morgan fingerprint density at radius 3 is 2.77 bits per heavy atom. The molecule has 1 saturated heterocycles. The van der Waals surface area contributed by atoms with E-state index in [0.717, 1.165) is 5.69 Å². The Morgan fingerprint density at radius 2 is 2.12 bits per heavy atom. The Labute approximate surface area is 151 Å². The number of hydrogen-bond donors (Lipinski definition) is 2. The fraction of sp³-hybridized carbons (Fsp3) is 0.389. The average molecular weight is 358 g/mol. The molecule has 138 valence electrons. The monoisotopic (exact) mass is 358 g/mol. The summed E-state index contributed by atoms with van der Waals surface area (Å²) >= 11 is 0. The van der Waals surface area contributed by atoms with Gasteiger partial charge in [-0.3, -0.25) is 14.3 Å². The zero-order chi connectivity index (χ0) is 18.5. The number of aromatic nitrogens is 2. The van der Waals surface area contributed by atoms with Crippen LogP contribution in [-0.2, 0) is 16.1 Å². The minimum atomic E-state index is -0.489. The first-order chi connectivity index (χ1) is 12.5. The lowest BCUT2D eigenvalue weighted by Crippen LogP contribution is -2.52. The topological polar surface area (TPSA) is 108 Å². The summed E-state index contributed by atoms with van der Waals surface area (Å²) in [6.07, 6.45) is 2.12. The predicted molar refractivity (Wildman–Crippen MR) is 93.7 cm³/mol. The largest absolute Gasteiger partial charge is 0.486 e. The van der Waals surface area contributed by atoms with Crippen molar-refractivity contribution in [1.82, 2.24) is 15.1 Å². The standard InChI is InChI=1S/C18H22N4O4/c1-12-6-8-22(21-12)10-17(23)20-15-7-9-25-11-16(15)26-14-4-2-13(3-5-14)18(19)24/h2-6,8,15-16H,7,9-11H2,1H3,(H2,19,24)(H,20,23). The van der Waals surface area contributed by atoms with Crippen molar-refractivity contribution in [2.45, 2.75) is 32.0 Å². The van der Waals surface area contributed by atoms with Gasteiger partial charge in [-0.25, -0.2) is 0 Å². The van der Waals surface area contributed by atoms with Crippen LogP contribution in [0.5, 0.6) is 5.75 Å². The molecule has 8 heteroatoms. The molecule has 2 atom stereocenters. The molecule has 2 unspecified atom stereocenters. The van der Waals surface area contributed by atoms with E-state index in [1.807, 2.05) is 13.0 Å². The van der Waals surface area contributed by atoms with Gasteiger partial charge < -0.3 is 20.5 Å². The van der Waals surface area contributed by atoms with Crippen molar-refractivity contribution >= 4 is 11.8 Å². The molecule has 1 aromatic heterocycles. The molecule has 8 nitrogen and oxygen atoms in total. The van der Waals surface area contributed by atoms with Crippen LogP contribution in [0.3, 0.4) is 0 Å². The van der Waals surface area contributed by atoms with Gasteiger partial charge in [-0.15, -0.1) is 0 Å². The number of primary amides is 1. The Morgan fingerprint density at radius 1 is 1.35 bits per heavy atom. The zero-order valence-electron chi connectivity index (χ0n) is 14.6. The molecule has 1 aliphatic rings. The fourth-order valence-electron chi connectivity index (χ4n) is 2.82. The number of nitrogens with two attached hydrogens (primary N) is 1. The summed E-state index contributed by atoms with van der Waals surface area (Å²) in [5, 5.41) is 7.21. The summed E-state index contributed by atoms with van der Waals surface area (Å²) in [7, 11) is 0. The van der Waals surface area contributed by atoms with E-state index in [4.69, 9.17) is 15.2 Å². The van der Waals surface area contributed by atoms with E-state index in [1.165, 1.54) is 0 Å². The van der Waals surface area contributed by atoms with Crippen LogP contribution in [0.1, 0.15) is 22.5 Å². The highest BCUT2D eigenvalue weighted by atomic mass is 16.5. The molecule has 0 aliphatic carbocycles. The van der Waals surface area contributed by atoms with E-state index in [1.54, 1.807) is 35.1 Å². The minimum Gasteiger partial charge on any atom is -0.486 e. The SMILES string of the molecule is Cc1ccn(CC(=O)NC2CCOCC2Oc2ccc(C(N)=O)cc2)n1. The molecule has 1 aliphatic heterocycles. The number of aryl methyl sites for hydroxylation is 1. The number of nitrogens with one attached hydrogen (secondary N) is 1. The Kier molecular flexibility index (Phi) is 5.52. The van der Waals surface area contributed by atoms with Gasteiger partial charge in [0.1, 0.15) is 18.4 Å². The van der Waals surface area contributed by atoms with E-state index in [9.17, 15) is 9.59 Å². The van der Waals surface area contributed by atoms with Crippen LogP contribution in [0.4, 0.5) is 0 Å². The number of nitrogens with zero attached hydrogens (tertiary/aromatic N) is 2. The molecule has 1 fully saturated rings. The van der Waals surface area contributed by atoms with Crippen molar-refractivity contribution < 1.29 is 19.1 Å². The molecule has 0 saturated carbocycles. The predicted octanol–water partition coefficient (Wildman–Crippen LogP) is 0.643. The Bertz CT molecular complexity index is 772. The van der Waals surface area contributed by atoms with Gasteiger partial charge in [0.2, 0.25) is 11.8 Å². The normalized spacial score (nSPS) is 19.7. The molecular formula is C18H22N4O4. The lowest BCUT2D eigenvalue weighted by molar-refractivity contribution is -0.124. The Hall–Kier alpha value is -2.87. The van der Waals surface area contributed by atoms with Gasteiger partial charge in [0.05, 0.1) is 18.3 Å². The number of ether oxygens (including phenoxy) is 2. The molecule has 3 N–H and O–H groups in total. The quantitative estimate of drug-likeness (QED) is 0.788. The van der Waals surface area contributed by atoms with E-state index < -0.39 is 5.91 Å². The van der Waals surface area contributed by atoms with Crippen LogP contribution in [-0.4, -0.2) is 47.0 Å². The molecule has 26 heavy (non-hydrogen) atoms. The average Bonchev–Trinajstić information content (AvgIpc) is 3.02. The smallest absolute Gasteiger partial charge is 0.248 e. The number of rotatable bonds is 6. The van der Waals surface area contributed by atoms with Crippen LogP contribution in [0.25, 0.3) is 0 Å². The second-order valence-electron chi connectivity index (χ2n) is 6.24. The molecule has 1 aromatic carbocycles. The van der Waals surface area contributed by atoms with Crippen molar-refractivity contribution in [2.24, 2.45) is 5.73 Å². The van der Waals surface area contributed by atoms with Crippen LogP contribution in [0.15, 0.2) is 36.5 Å². The summed E-state index contributed by atoms with van der Waals surface area (Å²) in [4.78, 5) is 23.4. The summed E-state index contributed by atoms with van der Waals surface area (Å²) in [5.41, 5.74) is 6.51. The highest BCUT2D eigenvalue weighted by Gasteiger charge is 2.29. The molecule has 2 amide bonds. The lowest BCUT2D eigenvalue weighted by atomic mass is 10.1. The van der Waals surface area contributed by atoms with Gasteiger partial charge in [-0.05, 0) is 43.7 Å². The number of amides is 2. The van der Waals surface area contributed by atoms with E-state index in [-0.39, 0.29) is 24.6 Å². The first-order valence-corrected chi connectivity index (χ1v) is 8.45. The van der Waals surface area contributed by atoms with Gasteiger partial charge in [-0.1, -0.05) is 0 Å². The molecular weight excluding hydrogens is 336 g/mol. The second-order valence-corrected chi connectivity index (χ2v) is 6.24. The first kappa shape index (κ1) is 17.9. The maximum Gasteiger partial charge on any atom is 0.248 e. The third kappa shape index (κ3) is 4.60. The third-order valence-electron chi connectivity index (χ3n) is 4.16. The first-order valence-electron chi connectivity index (χ1n) is 8.45. The number of carbonyl (C=O) groups excluding carboxylic acids is 2. The summed E-state index contributed by atoms with van der Waals surface area (Å²) in [6.45, 7) is 2.97. The van der Waals surface area contributed by atoms with Gasteiger partial charge >= 0.3 is 0 Å². The van der Waals surface area contributed by atoms with Gasteiger partial charge in [0, 0.05) is 18.4 Å². The molecule has 0 bridgehead atoms. The van der Waals surface area contributed by atoms with Gasteiger partial charge in [-0.2, -0.15) is 5.10 Å². The molecule has 2 heterocycles. The highest BCUT2D eigenvalue weighted by Crippen LogP contribution is 2.18. The molecule has 0 spiro atoms. The number of benzene rings is 1. The summed E-state index contributed by atoms with van der Waals surface area (Å²) < 4.78 is 13.0. The highest BCUT2D eigenvalue weighted by molar-refractivity contribution is 5.92. The van der Waals surface area contributed by atoms with Crippen molar-refractivity contribution in [3.05, 3.63) is 47.8 Å².